The van der Waals surface area contributed by atoms with Crippen molar-refractivity contribution in [2.75, 3.05) is 18.1 Å². The van der Waals surface area contributed by atoms with Crippen molar-refractivity contribution in [2.45, 2.75) is 6.54 Å². The molecule has 0 saturated carbocycles. The van der Waals surface area contributed by atoms with Crippen LogP contribution in [0.1, 0.15) is 5.56 Å². The van der Waals surface area contributed by atoms with Gasteiger partial charge in [-0.05, 0) is 29.8 Å². The molecule has 2 aromatic carbocycles. The van der Waals surface area contributed by atoms with Gasteiger partial charge >= 0.3 is 0 Å². The number of anilines is 1. The van der Waals surface area contributed by atoms with Crippen molar-refractivity contribution in [3.05, 3.63) is 64.9 Å². The average Bonchev–Trinajstić information content (AvgIpc) is 2.50. The highest BCUT2D eigenvalue weighted by Gasteiger charge is 2.21. The van der Waals surface area contributed by atoms with Gasteiger partial charge in [0.15, 0.2) is 0 Å². The first kappa shape index (κ1) is 18.4. The molecule has 0 radical (unpaired) electrons. The summed E-state index contributed by atoms with van der Waals surface area (Å²) in [6, 6.07) is 12.1. The topological polar surface area (TPSA) is 66.5 Å². The quantitative estimate of drug-likeness (QED) is 0.850. The van der Waals surface area contributed by atoms with Gasteiger partial charge in [0, 0.05) is 6.54 Å². The van der Waals surface area contributed by atoms with Crippen molar-refractivity contribution in [3.8, 4) is 0 Å². The van der Waals surface area contributed by atoms with Gasteiger partial charge in [0.1, 0.15) is 5.82 Å². The van der Waals surface area contributed by atoms with Crippen LogP contribution in [0.15, 0.2) is 48.5 Å². The molecule has 0 aliphatic rings. The van der Waals surface area contributed by atoms with Gasteiger partial charge in [0.2, 0.25) is 15.9 Å². The zero-order valence-electron chi connectivity index (χ0n) is 12.9. The fraction of sp³-hybridized carbons (Fsp3) is 0.188. The first-order valence-corrected chi connectivity index (χ1v) is 9.22. The van der Waals surface area contributed by atoms with Crippen LogP contribution in [-0.2, 0) is 21.4 Å². The molecule has 0 unspecified atom stereocenters. The highest BCUT2D eigenvalue weighted by molar-refractivity contribution is 7.88. The maximum atomic E-state index is 12.9. The van der Waals surface area contributed by atoms with Crippen LogP contribution in [-0.4, -0.2) is 31.4 Å². The zero-order chi connectivity index (χ0) is 17.7. The summed E-state index contributed by atoms with van der Waals surface area (Å²) in [4.78, 5) is 12.1. The number of para-hydroxylation sites is 1. The normalized spacial score (nSPS) is 11.5. The minimum absolute atomic E-state index is 0.0327. The summed E-state index contributed by atoms with van der Waals surface area (Å²) in [5, 5.41) is 2.93. The Balaban J connectivity index is 2.10. The third-order valence-electron chi connectivity index (χ3n) is 3.21. The second-order valence-corrected chi connectivity index (χ2v) is 7.58. The molecule has 0 bridgehead atoms. The second-order valence-electron chi connectivity index (χ2n) is 5.19. The van der Waals surface area contributed by atoms with E-state index in [0.29, 0.717) is 16.3 Å². The van der Waals surface area contributed by atoms with Crippen molar-refractivity contribution >= 4 is 33.2 Å². The first-order chi connectivity index (χ1) is 11.3. The van der Waals surface area contributed by atoms with E-state index in [1.54, 1.807) is 24.3 Å². The lowest BCUT2D eigenvalue weighted by molar-refractivity contribution is -0.116. The Kier molecular flexibility index (Phi) is 5.93. The Hall–Kier alpha value is -1.96. The van der Waals surface area contributed by atoms with E-state index in [2.05, 4.69) is 5.32 Å². The van der Waals surface area contributed by atoms with Crippen LogP contribution in [0, 0.1) is 5.82 Å². The largest absolute Gasteiger partial charge is 0.324 e. The van der Waals surface area contributed by atoms with Gasteiger partial charge in [-0.2, -0.15) is 4.31 Å². The van der Waals surface area contributed by atoms with Crippen LogP contribution >= 0.6 is 11.6 Å². The fourth-order valence-electron chi connectivity index (χ4n) is 2.00. The van der Waals surface area contributed by atoms with E-state index < -0.39 is 21.7 Å². The first-order valence-electron chi connectivity index (χ1n) is 6.99. The van der Waals surface area contributed by atoms with Crippen LogP contribution in [0.4, 0.5) is 10.1 Å². The van der Waals surface area contributed by atoms with Gasteiger partial charge in [-0.3, -0.25) is 4.79 Å². The van der Waals surface area contributed by atoms with E-state index in [4.69, 9.17) is 11.6 Å². The number of nitrogens with one attached hydrogen (secondary N) is 1. The molecule has 2 aromatic rings. The molecule has 2 rings (SSSR count). The van der Waals surface area contributed by atoms with Crippen molar-refractivity contribution in [2.24, 2.45) is 0 Å². The van der Waals surface area contributed by atoms with Crippen LogP contribution in [0.2, 0.25) is 5.02 Å². The maximum Gasteiger partial charge on any atom is 0.239 e. The minimum atomic E-state index is -3.62. The number of carbonyl (C=O) groups is 1. The number of halogens is 2. The van der Waals surface area contributed by atoms with Gasteiger partial charge in [0.05, 0.1) is 23.5 Å². The number of benzene rings is 2. The highest BCUT2D eigenvalue weighted by atomic mass is 35.5. The smallest absolute Gasteiger partial charge is 0.239 e. The number of hydrogen-bond acceptors (Lipinski definition) is 3. The van der Waals surface area contributed by atoms with Gasteiger partial charge in [-0.1, -0.05) is 35.9 Å². The third-order valence-corrected chi connectivity index (χ3v) is 4.73. The van der Waals surface area contributed by atoms with Crippen molar-refractivity contribution in [1.82, 2.24) is 4.31 Å². The monoisotopic (exact) mass is 370 g/mol. The van der Waals surface area contributed by atoms with E-state index in [1.807, 2.05) is 0 Å². The number of hydrogen-bond donors (Lipinski definition) is 1. The second kappa shape index (κ2) is 7.74. The summed E-state index contributed by atoms with van der Waals surface area (Å²) >= 11 is 5.96. The summed E-state index contributed by atoms with van der Waals surface area (Å²) in [7, 11) is -3.62. The molecule has 0 fully saturated rings. The Morgan fingerprint density at radius 2 is 1.79 bits per heavy atom. The van der Waals surface area contributed by atoms with E-state index >= 15 is 0 Å². The lowest BCUT2D eigenvalue weighted by Gasteiger charge is -2.19. The number of sulfonamides is 1. The summed E-state index contributed by atoms with van der Waals surface area (Å²) in [6.07, 6.45) is 1.01. The molecular formula is C16H16ClFN2O3S. The van der Waals surface area contributed by atoms with E-state index in [9.17, 15) is 17.6 Å². The Morgan fingerprint density at radius 3 is 2.38 bits per heavy atom. The van der Waals surface area contributed by atoms with E-state index in [0.717, 1.165) is 10.6 Å². The van der Waals surface area contributed by atoms with Gasteiger partial charge in [-0.25, -0.2) is 12.8 Å². The standard InChI is InChI=1S/C16H16ClFN2O3S/c1-24(22,23)20(10-12-6-8-13(18)9-7-12)11-16(21)19-15-5-3-2-4-14(15)17/h2-9H,10-11H2,1H3,(H,19,21). The molecule has 0 aliphatic heterocycles. The highest BCUT2D eigenvalue weighted by Crippen LogP contribution is 2.20. The number of rotatable bonds is 6. The molecule has 128 valence electrons. The Labute approximate surface area is 145 Å². The third kappa shape index (κ3) is 5.30. The Bertz CT molecular complexity index is 825. The van der Waals surface area contributed by atoms with Crippen LogP contribution in [0.25, 0.3) is 0 Å². The lowest BCUT2D eigenvalue weighted by Crippen LogP contribution is -2.36. The van der Waals surface area contributed by atoms with Gasteiger partial charge < -0.3 is 5.32 Å². The van der Waals surface area contributed by atoms with Crippen LogP contribution < -0.4 is 5.32 Å². The number of carbonyl (C=O) groups excluding carboxylic acids is 1. The van der Waals surface area contributed by atoms with Crippen molar-refractivity contribution in [3.63, 3.8) is 0 Å². The molecule has 0 heterocycles. The molecule has 1 N–H and O–H groups in total. The number of amides is 1. The maximum absolute atomic E-state index is 12.9. The molecule has 0 saturated heterocycles. The van der Waals surface area contributed by atoms with Gasteiger partial charge in [0.25, 0.3) is 0 Å². The Morgan fingerprint density at radius 1 is 1.17 bits per heavy atom. The molecule has 0 aliphatic carbocycles. The number of nitrogens with zero attached hydrogens (tertiary/aromatic N) is 1. The molecule has 5 nitrogen and oxygen atoms in total. The molecule has 24 heavy (non-hydrogen) atoms. The molecule has 0 atom stereocenters. The van der Waals surface area contributed by atoms with Crippen LogP contribution in [0.5, 0.6) is 0 Å². The molecule has 0 spiro atoms. The fourth-order valence-corrected chi connectivity index (χ4v) is 2.91. The molecule has 8 heteroatoms. The van der Waals surface area contributed by atoms with Crippen LogP contribution in [0.3, 0.4) is 0 Å². The zero-order valence-corrected chi connectivity index (χ0v) is 14.4. The summed E-state index contributed by atoms with van der Waals surface area (Å²) in [5.74, 6) is -0.934. The summed E-state index contributed by atoms with van der Waals surface area (Å²) < 4.78 is 37.8. The molecular weight excluding hydrogens is 355 g/mol. The van der Waals surface area contributed by atoms with E-state index in [-0.39, 0.29) is 13.1 Å². The lowest BCUT2D eigenvalue weighted by atomic mass is 10.2. The van der Waals surface area contributed by atoms with Gasteiger partial charge in [-0.15, -0.1) is 0 Å². The predicted molar refractivity (Wildman–Crippen MR) is 91.7 cm³/mol. The predicted octanol–water partition coefficient (Wildman–Crippen LogP) is 2.88. The average molecular weight is 371 g/mol. The minimum Gasteiger partial charge on any atom is -0.324 e. The van der Waals surface area contributed by atoms with E-state index in [1.165, 1.54) is 24.3 Å². The molecule has 1 amide bonds. The summed E-state index contributed by atoms with van der Waals surface area (Å²) in [6.45, 7) is -0.406. The van der Waals surface area contributed by atoms with Crippen molar-refractivity contribution < 1.29 is 17.6 Å². The SMILES string of the molecule is CS(=O)(=O)N(CC(=O)Nc1ccccc1Cl)Cc1ccc(F)cc1. The molecule has 0 aromatic heterocycles. The summed E-state index contributed by atoms with van der Waals surface area (Å²) in [5.41, 5.74) is 0.978. The van der Waals surface area contributed by atoms with Crippen molar-refractivity contribution in [1.29, 1.82) is 0 Å².